The highest BCUT2D eigenvalue weighted by Gasteiger charge is 2.25. The number of halogens is 2. The molecule has 1 N–H and O–H groups in total. The Hall–Kier alpha value is -2.75. The van der Waals surface area contributed by atoms with Crippen molar-refractivity contribution in [2.45, 2.75) is 25.3 Å². The summed E-state index contributed by atoms with van der Waals surface area (Å²) >= 11 is 6.11. The van der Waals surface area contributed by atoms with Gasteiger partial charge in [0.05, 0.1) is 17.0 Å². The monoisotopic (exact) mass is 464 g/mol. The van der Waals surface area contributed by atoms with Crippen LogP contribution in [0.5, 0.6) is 0 Å². The number of sulfonamides is 1. The average molecular weight is 465 g/mol. The van der Waals surface area contributed by atoms with Crippen molar-refractivity contribution in [3.63, 3.8) is 0 Å². The highest BCUT2D eigenvalue weighted by atomic mass is 35.5. The fourth-order valence-electron chi connectivity index (χ4n) is 3.10. The Bertz CT molecular complexity index is 1180. The largest absolute Gasteiger partial charge is 0.348 e. The van der Waals surface area contributed by atoms with Crippen LogP contribution in [0.1, 0.15) is 29.8 Å². The Morgan fingerprint density at radius 3 is 2.55 bits per heavy atom. The first kappa shape index (κ1) is 22.9. The lowest BCUT2D eigenvalue weighted by Crippen LogP contribution is -2.31. The summed E-state index contributed by atoms with van der Waals surface area (Å²) in [5.74, 6) is -0.949. The number of carbonyl (C=O) groups excluding carboxylic acids is 1. The fourth-order valence-corrected chi connectivity index (χ4v) is 5.06. The molecule has 1 heterocycles. The molecule has 7 nitrogen and oxygen atoms in total. The lowest BCUT2D eigenvalue weighted by atomic mass is 10.1. The molecule has 1 aromatic heterocycles. The number of aromatic nitrogens is 2. The van der Waals surface area contributed by atoms with Crippen LogP contribution in [0.3, 0.4) is 0 Å². The first-order valence-electron chi connectivity index (χ1n) is 9.62. The first-order valence-corrected chi connectivity index (χ1v) is 11.4. The van der Waals surface area contributed by atoms with Gasteiger partial charge in [0.2, 0.25) is 10.0 Å². The predicted octanol–water partition coefficient (Wildman–Crippen LogP) is 3.63. The minimum atomic E-state index is -3.82. The second-order valence-electron chi connectivity index (χ2n) is 6.67. The molecule has 0 unspecified atom stereocenters. The zero-order chi connectivity index (χ0) is 22.6. The molecular weight excluding hydrogens is 443 g/mol. The van der Waals surface area contributed by atoms with Crippen molar-refractivity contribution in [2.24, 2.45) is 0 Å². The molecule has 0 saturated carbocycles. The number of hydrogen-bond acceptors (Lipinski definition) is 4. The number of nitrogens with one attached hydrogen (secondary N) is 1. The Morgan fingerprint density at radius 1 is 1.19 bits per heavy atom. The number of imidazole rings is 1. The number of hydrogen-bond donors (Lipinski definition) is 1. The number of benzene rings is 2. The third-order valence-corrected chi connectivity index (χ3v) is 7.30. The summed E-state index contributed by atoms with van der Waals surface area (Å²) < 4.78 is 42.8. The minimum Gasteiger partial charge on any atom is -0.348 e. The van der Waals surface area contributed by atoms with Crippen molar-refractivity contribution >= 4 is 27.5 Å². The zero-order valence-electron chi connectivity index (χ0n) is 17.0. The van der Waals surface area contributed by atoms with Crippen LogP contribution >= 0.6 is 11.6 Å². The van der Waals surface area contributed by atoms with E-state index in [4.69, 9.17) is 11.6 Å². The molecule has 0 aliphatic carbocycles. The van der Waals surface area contributed by atoms with Gasteiger partial charge in [0, 0.05) is 37.6 Å². The maximum absolute atomic E-state index is 14.4. The maximum Gasteiger partial charge on any atom is 0.251 e. The van der Waals surface area contributed by atoms with Crippen LogP contribution < -0.4 is 5.32 Å². The fraction of sp³-hybridized carbons (Fsp3) is 0.238. The minimum absolute atomic E-state index is 0.0422. The summed E-state index contributed by atoms with van der Waals surface area (Å²) in [7, 11) is -3.82. The van der Waals surface area contributed by atoms with Gasteiger partial charge in [-0.15, -0.1) is 0 Å². The molecule has 0 aliphatic rings. The van der Waals surface area contributed by atoms with Crippen LogP contribution in [0.4, 0.5) is 4.39 Å². The summed E-state index contributed by atoms with van der Waals surface area (Å²) in [4.78, 5) is 16.4. The lowest BCUT2D eigenvalue weighted by molar-refractivity contribution is 0.0950. The average Bonchev–Trinajstić information content (AvgIpc) is 3.27. The molecule has 2 aromatic carbocycles. The maximum atomic E-state index is 14.4. The highest BCUT2D eigenvalue weighted by molar-refractivity contribution is 7.89. The van der Waals surface area contributed by atoms with Crippen LogP contribution in [0.25, 0.3) is 5.69 Å². The van der Waals surface area contributed by atoms with E-state index in [1.165, 1.54) is 34.9 Å². The number of nitrogens with zero attached hydrogens (tertiary/aromatic N) is 3. The second kappa shape index (κ2) is 9.59. The van der Waals surface area contributed by atoms with Crippen molar-refractivity contribution in [3.8, 4) is 5.69 Å². The van der Waals surface area contributed by atoms with Gasteiger partial charge in [-0.1, -0.05) is 31.5 Å². The van der Waals surface area contributed by atoms with Crippen LogP contribution in [-0.2, 0) is 16.6 Å². The summed E-state index contributed by atoms with van der Waals surface area (Å²) in [6, 6.07) is 8.70. The van der Waals surface area contributed by atoms with Gasteiger partial charge in [0.1, 0.15) is 10.7 Å². The Morgan fingerprint density at radius 2 is 1.94 bits per heavy atom. The van der Waals surface area contributed by atoms with Gasteiger partial charge in [-0.05, 0) is 35.9 Å². The number of amides is 1. The summed E-state index contributed by atoms with van der Waals surface area (Å²) in [5, 5.41) is 2.72. The molecule has 0 spiro atoms. The van der Waals surface area contributed by atoms with E-state index >= 15 is 0 Å². The van der Waals surface area contributed by atoms with Gasteiger partial charge >= 0.3 is 0 Å². The normalized spacial score (nSPS) is 11.6. The molecular formula is C21H22ClFN4O3S. The smallest absolute Gasteiger partial charge is 0.251 e. The third-order valence-electron chi connectivity index (χ3n) is 4.76. The molecule has 164 valence electrons. The van der Waals surface area contributed by atoms with Crippen molar-refractivity contribution < 1.29 is 17.6 Å². The lowest BCUT2D eigenvalue weighted by Gasteiger charge is -2.19. The van der Waals surface area contributed by atoms with E-state index in [-0.39, 0.29) is 35.1 Å². The molecule has 3 aromatic rings. The molecule has 10 heteroatoms. The van der Waals surface area contributed by atoms with Crippen LogP contribution in [0.15, 0.2) is 60.0 Å². The molecule has 31 heavy (non-hydrogen) atoms. The quantitative estimate of drug-likeness (QED) is 0.551. The van der Waals surface area contributed by atoms with Crippen LogP contribution in [-0.4, -0.2) is 41.3 Å². The highest BCUT2D eigenvalue weighted by Crippen LogP contribution is 2.26. The van der Waals surface area contributed by atoms with E-state index in [0.29, 0.717) is 11.3 Å². The van der Waals surface area contributed by atoms with Gasteiger partial charge in [-0.3, -0.25) is 4.79 Å². The topological polar surface area (TPSA) is 84.3 Å². The van der Waals surface area contributed by atoms with Crippen molar-refractivity contribution in [1.82, 2.24) is 19.2 Å². The van der Waals surface area contributed by atoms with Crippen LogP contribution in [0.2, 0.25) is 5.02 Å². The summed E-state index contributed by atoms with van der Waals surface area (Å²) in [6.07, 6.45) is 4.67. The van der Waals surface area contributed by atoms with E-state index in [9.17, 15) is 17.6 Å². The van der Waals surface area contributed by atoms with Gasteiger partial charge in [-0.2, -0.15) is 4.31 Å². The van der Waals surface area contributed by atoms with Crippen LogP contribution in [0, 0.1) is 5.82 Å². The van der Waals surface area contributed by atoms with Gasteiger partial charge in [0.25, 0.3) is 5.91 Å². The molecule has 0 bridgehead atoms. The Balaban J connectivity index is 1.76. The summed E-state index contributed by atoms with van der Waals surface area (Å²) in [5.41, 5.74) is 1.04. The molecule has 0 fully saturated rings. The number of rotatable bonds is 8. The predicted molar refractivity (Wildman–Crippen MR) is 116 cm³/mol. The molecule has 0 atom stereocenters. The third kappa shape index (κ3) is 4.95. The summed E-state index contributed by atoms with van der Waals surface area (Å²) in [6.45, 7) is 4.09. The Kier molecular flexibility index (Phi) is 7.09. The SMILES string of the molecule is CCN(CC)S(=O)(=O)c1cc(C(=O)NCc2ccc(-n3ccnc3)c(F)c2)ccc1Cl. The standard InChI is InChI=1S/C21H22ClFN4O3S/c1-3-27(4-2)31(29,30)20-12-16(6-7-17(20)22)21(28)25-13-15-5-8-19(18(23)11-15)26-10-9-24-14-26/h5-12,14H,3-4,13H2,1-2H3,(H,25,28). The van der Waals surface area contributed by atoms with E-state index in [1.54, 1.807) is 42.9 Å². The van der Waals surface area contributed by atoms with E-state index in [2.05, 4.69) is 10.3 Å². The molecule has 0 saturated heterocycles. The van der Waals surface area contributed by atoms with E-state index < -0.39 is 21.7 Å². The Labute approximate surface area is 185 Å². The number of carbonyl (C=O) groups is 1. The zero-order valence-corrected chi connectivity index (χ0v) is 18.6. The second-order valence-corrected chi connectivity index (χ2v) is 8.99. The van der Waals surface area contributed by atoms with Crippen molar-refractivity contribution in [1.29, 1.82) is 0 Å². The van der Waals surface area contributed by atoms with E-state index in [0.717, 1.165) is 0 Å². The molecule has 0 radical (unpaired) electrons. The molecule has 0 aliphatic heterocycles. The van der Waals surface area contributed by atoms with E-state index in [1.807, 2.05) is 0 Å². The van der Waals surface area contributed by atoms with Gasteiger partial charge in [0.15, 0.2) is 0 Å². The molecule has 1 amide bonds. The van der Waals surface area contributed by atoms with Gasteiger partial charge < -0.3 is 9.88 Å². The molecule has 3 rings (SSSR count). The van der Waals surface area contributed by atoms with Crippen molar-refractivity contribution in [2.75, 3.05) is 13.1 Å². The first-order chi connectivity index (χ1) is 14.8. The van der Waals surface area contributed by atoms with Gasteiger partial charge in [-0.25, -0.2) is 17.8 Å². The van der Waals surface area contributed by atoms with Crippen molar-refractivity contribution in [3.05, 3.63) is 77.1 Å².